The third-order valence-electron chi connectivity index (χ3n) is 3.12. The number of nitrogens with one attached hydrogen (secondary N) is 1. The van der Waals surface area contributed by atoms with Crippen LogP contribution in [0.15, 0.2) is 35.0 Å². The van der Waals surface area contributed by atoms with Gasteiger partial charge in [-0.1, -0.05) is 19.9 Å². The summed E-state index contributed by atoms with van der Waals surface area (Å²) in [4.78, 5) is 0. The highest BCUT2D eigenvalue weighted by molar-refractivity contribution is 7.07. The van der Waals surface area contributed by atoms with Crippen molar-refractivity contribution in [2.45, 2.75) is 27.0 Å². The molecule has 0 saturated carbocycles. The van der Waals surface area contributed by atoms with Gasteiger partial charge < -0.3 is 14.8 Å². The first-order valence-corrected chi connectivity index (χ1v) is 8.15. The number of ether oxygens (including phenoxy) is 2. The molecule has 0 amide bonds. The van der Waals surface area contributed by atoms with Crippen LogP contribution in [0.3, 0.4) is 0 Å². The van der Waals surface area contributed by atoms with Crippen molar-refractivity contribution in [1.29, 1.82) is 0 Å². The van der Waals surface area contributed by atoms with Crippen molar-refractivity contribution in [2.24, 2.45) is 5.92 Å². The first-order valence-electron chi connectivity index (χ1n) is 7.20. The highest BCUT2D eigenvalue weighted by atomic mass is 32.1. The molecule has 1 aromatic heterocycles. The molecule has 2 rings (SSSR count). The zero-order valence-corrected chi connectivity index (χ0v) is 13.7. The van der Waals surface area contributed by atoms with Crippen molar-refractivity contribution in [3.05, 3.63) is 46.2 Å². The number of hydrogen-bond donors (Lipinski definition) is 1. The Balaban J connectivity index is 2.03. The fourth-order valence-electron chi connectivity index (χ4n) is 1.97. The van der Waals surface area contributed by atoms with Crippen LogP contribution in [0.5, 0.6) is 11.5 Å². The Morgan fingerprint density at radius 2 is 2.10 bits per heavy atom. The molecule has 0 fully saturated rings. The Kier molecular flexibility index (Phi) is 6.08. The van der Waals surface area contributed by atoms with Crippen LogP contribution >= 0.6 is 11.3 Å². The van der Waals surface area contributed by atoms with Crippen LogP contribution in [0.4, 0.5) is 0 Å². The largest absolute Gasteiger partial charge is 0.497 e. The quantitative estimate of drug-likeness (QED) is 0.797. The number of rotatable bonds is 8. The van der Waals surface area contributed by atoms with Gasteiger partial charge in [-0.05, 0) is 40.9 Å². The molecule has 0 atom stereocenters. The van der Waals surface area contributed by atoms with E-state index in [9.17, 15) is 0 Å². The monoisotopic (exact) mass is 305 g/mol. The minimum atomic E-state index is 0.591. The number of benzene rings is 1. The Morgan fingerprint density at radius 1 is 1.24 bits per heavy atom. The fourth-order valence-corrected chi connectivity index (χ4v) is 2.63. The first kappa shape index (κ1) is 15.9. The van der Waals surface area contributed by atoms with Crippen molar-refractivity contribution in [3.8, 4) is 11.5 Å². The normalized spacial score (nSPS) is 10.9. The van der Waals surface area contributed by atoms with Gasteiger partial charge in [0.15, 0.2) is 0 Å². The van der Waals surface area contributed by atoms with Gasteiger partial charge in [-0.15, -0.1) is 0 Å². The summed E-state index contributed by atoms with van der Waals surface area (Å²) in [5.74, 6) is 2.35. The van der Waals surface area contributed by atoms with Gasteiger partial charge in [0.25, 0.3) is 0 Å². The van der Waals surface area contributed by atoms with E-state index < -0.39 is 0 Å². The van der Waals surface area contributed by atoms with Crippen LogP contribution in [-0.4, -0.2) is 13.7 Å². The van der Waals surface area contributed by atoms with Crippen molar-refractivity contribution in [2.75, 3.05) is 13.7 Å². The van der Waals surface area contributed by atoms with Gasteiger partial charge in [-0.25, -0.2) is 0 Å². The maximum absolute atomic E-state index is 5.97. The zero-order valence-electron chi connectivity index (χ0n) is 12.9. The van der Waals surface area contributed by atoms with Gasteiger partial charge in [0.2, 0.25) is 0 Å². The molecular formula is C17H23NO2S. The summed E-state index contributed by atoms with van der Waals surface area (Å²) < 4.78 is 11.3. The molecule has 2 aromatic rings. The lowest BCUT2D eigenvalue weighted by Crippen LogP contribution is -2.19. The summed E-state index contributed by atoms with van der Waals surface area (Å²) in [6, 6.07) is 8.08. The van der Waals surface area contributed by atoms with E-state index in [0.29, 0.717) is 12.5 Å². The van der Waals surface area contributed by atoms with Crippen molar-refractivity contribution >= 4 is 11.3 Å². The Morgan fingerprint density at radius 3 is 2.76 bits per heavy atom. The zero-order chi connectivity index (χ0) is 15.1. The maximum atomic E-state index is 5.97. The van der Waals surface area contributed by atoms with Crippen LogP contribution in [0.1, 0.15) is 25.0 Å². The van der Waals surface area contributed by atoms with E-state index >= 15 is 0 Å². The molecule has 1 aromatic carbocycles. The molecule has 3 nitrogen and oxygen atoms in total. The molecular weight excluding hydrogens is 282 g/mol. The van der Waals surface area contributed by atoms with E-state index in [4.69, 9.17) is 9.47 Å². The minimum absolute atomic E-state index is 0.591. The van der Waals surface area contributed by atoms with Gasteiger partial charge >= 0.3 is 0 Å². The maximum Gasteiger partial charge on any atom is 0.127 e. The second-order valence-corrected chi connectivity index (χ2v) is 6.20. The van der Waals surface area contributed by atoms with Crippen LogP contribution < -0.4 is 14.8 Å². The SMILES string of the molecule is COc1ccc(CNCC(C)C)c(OCc2ccsc2)c1. The van der Waals surface area contributed by atoms with Crippen LogP contribution in [0, 0.1) is 5.92 Å². The first-order chi connectivity index (χ1) is 10.2. The number of thiophene rings is 1. The van der Waals surface area contributed by atoms with Gasteiger partial charge in [0.05, 0.1) is 7.11 Å². The van der Waals surface area contributed by atoms with E-state index in [2.05, 4.69) is 42.1 Å². The Hall–Kier alpha value is -1.52. The lowest BCUT2D eigenvalue weighted by Gasteiger charge is -2.14. The third-order valence-corrected chi connectivity index (χ3v) is 3.85. The second-order valence-electron chi connectivity index (χ2n) is 5.42. The molecule has 0 spiro atoms. The number of methoxy groups -OCH3 is 1. The van der Waals surface area contributed by atoms with Gasteiger partial charge in [0.1, 0.15) is 18.1 Å². The molecule has 4 heteroatoms. The van der Waals surface area contributed by atoms with Crippen LogP contribution in [-0.2, 0) is 13.2 Å². The molecule has 0 saturated heterocycles. The van der Waals surface area contributed by atoms with Gasteiger partial charge in [-0.2, -0.15) is 11.3 Å². The average Bonchev–Trinajstić information content (AvgIpc) is 2.99. The molecule has 0 aliphatic carbocycles. The van der Waals surface area contributed by atoms with Gasteiger partial charge in [0, 0.05) is 18.2 Å². The average molecular weight is 305 g/mol. The molecule has 1 heterocycles. The van der Waals surface area contributed by atoms with E-state index in [1.807, 2.05) is 12.1 Å². The topological polar surface area (TPSA) is 30.5 Å². The molecule has 0 unspecified atom stereocenters. The van der Waals surface area contributed by atoms with E-state index in [1.54, 1.807) is 18.4 Å². The molecule has 0 aliphatic heterocycles. The summed E-state index contributed by atoms with van der Waals surface area (Å²) in [6.45, 7) is 6.80. The highest BCUT2D eigenvalue weighted by Gasteiger charge is 2.07. The van der Waals surface area contributed by atoms with Crippen molar-refractivity contribution < 1.29 is 9.47 Å². The Labute approximate surface area is 130 Å². The van der Waals surface area contributed by atoms with Crippen LogP contribution in [0.25, 0.3) is 0 Å². The summed E-state index contributed by atoms with van der Waals surface area (Å²) in [6.07, 6.45) is 0. The summed E-state index contributed by atoms with van der Waals surface area (Å²) >= 11 is 1.69. The highest BCUT2D eigenvalue weighted by Crippen LogP contribution is 2.26. The van der Waals surface area contributed by atoms with Crippen LogP contribution in [0.2, 0.25) is 0 Å². The van der Waals surface area contributed by atoms with Crippen molar-refractivity contribution in [3.63, 3.8) is 0 Å². The fraction of sp³-hybridized carbons (Fsp3) is 0.412. The lowest BCUT2D eigenvalue weighted by atomic mass is 10.1. The molecule has 0 radical (unpaired) electrons. The third kappa shape index (κ3) is 5.06. The van der Waals surface area contributed by atoms with E-state index in [1.165, 1.54) is 5.56 Å². The summed E-state index contributed by atoms with van der Waals surface area (Å²) in [7, 11) is 1.68. The van der Waals surface area contributed by atoms with Crippen molar-refractivity contribution in [1.82, 2.24) is 5.32 Å². The summed E-state index contributed by atoms with van der Waals surface area (Å²) in [5, 5.41) is 7.63. The molecule has 0 aliphatic rings. The molecule has 0 bridgehead atoms. The van der Waals surface area contributed by atoms with E-state index in [-0.39, 0.29) is 0 Å². The van der Waals surface area contributed by atoms with E-state index in [0.717, 1.165) is 30.2 Å². The molecule has 114 valence electrons. The standard InChI is InChI=1S/C17H23NO2S/c1-13(2)9-18-10-15-4-5-16(19-3)8-17(15)20-11-14-6-7-21-12-14/h4-8,12-13,18H,9-11H2,1-3H3. The molecule has 1 N–H and O–H groups in total. The summed E-state index contributed by atoms with van der Waals surface area (Å²) in [5.41, 5.74) is 2.36. The lowest BCUT2D eigenvalue weighted by molar-refractivity contribution is 0.300. The Bertz CT molecular complexity index is 538. The minimum Gasteiger partial charge on any atom is -0.497 e. The predicted molar refractivity (Wildman–Crippen MR) is 88.2 cm³/mol. The smallest absolute Gasteiger partial charge is 0.127 e. The van der Waals surface area contributed by atoms with Gasteiger partial charge in [-0.3, -0.25) is 0 Å². The predicted octanol–water partition coefficient (Wildman–Crippen LogP) is 4.08. The second kappa shape index (κ2) is 8.05. The molecule has 21 heavy (non-hydrogen) atoms. The number of hydrogen-bond acceptors (Lipinski definition) is 4.